The standard InChI is InChI=1S/ClH.Na.H4O7P2.Sn.3H/c;;1-8(2,3)7-9(4,5)6;;;;/h1H;;(H2,1,2,3)(H2,4,5,6);;;;. The van der Waals surface area contributed by atoms with Crippen molar-refractivity contribution in [2.75, 3.05) is 0 Å². The number of rotatable bonds is 2. The van der Waals surface area contributed by atoms with Gasteiger partial charge >= 0.3 is 69.1 Å². The Morgan fingerprint density at radius 1 is 0.917 bits per heavy atom. The third-order valence-corrected chi connectivity index (χ3v) is 1.91. The topological polar surface area (TPSA) is 124 Å². The van der Waals surface area contributed by atoms with Crippen LogP contribution in [0.1, 0.15) is 0 Å². The molecule has 0 aromatic rings. The average Bonchev–Trinajstić information content (AvgIpc) is 1.14. The van der Waals surface area contributed by atoms with E-state index in [1.807, 2.05) is 0 Å². The second-order valence-corrected chi connectivity index (χ2v) is 3.68. The Morgan fingerprint density at radius 3 is 1.08 bits per heavy atom. The summed E-state index contributed by atoms with van der Waals surface area (Å²) in [7, 11) is -10.1. The molecule has 0 aromatic heterocycles. The summed E-state index contributed by atoms with van der Waals surface area (Å²) in [5, 5.41) is 0. The van der Waals surface area contributed by atoms with E-state index in [0.717, 1.165) is 0 Å². The molecule has 0 spiro atoms. The molecule has 0 saturated carbocycles. The van der Waals surface area contributed by atoms with Gasteiger partial charge in [-0.2, -0.15) is 4.31 Å². The summed E-state index contributed by atoms with van der Waals surface area (Å²) in [5.74, 6) is 0. The van der Waals surface area contributed by atoms with E-state index in [-0.39, 0.29) is 65.9 Å². The van der Waals surface area contributed by atoms with Crippen LogP contribution in [0.15, 0.2) is 0 Å². The van der Waals surface area contributed by atoms with E-state index in [9.17, 15) is 9.13 Å². The van der Waals surface area contributed by atoms with Crippen LogP contribution in [0.4, 0.5) is 0 Å². The van der Waals surface area contributed by atoms with E-state index in [4.69, 9.17) is 19.6 Å². The maximum absolute atomic E-state index is 9.63. The Bertz CT molecular complexity index is 162. The van der Waals surface area contributed by atoms with Gasteiger partial charge in [0, 0.05) is 0 Å². The fourth-order valence-electron chi connectivity index (χ4n) is 0.139. The molecule has 0 rings (SSSR count). The van der Waals surface area contributed by atoms with E-state index in [0.29, 0.717) is 0 Å². The Kier molecular flexibility index (Phi) is 17.2. The third-order valence-electron chi connectivity index (χ3n) is 0.213. The Morgan fingerprint density at radius 2 is 1.08 bits per heavy atom. The first-order valence-corrected chi connectivity index (χ1v) is 4.59. The van der Waals surface area contributed by atoms with Crippen LogP contribution in [-0.2, 0) is 13.4 Å². The second kappa shape index (κ2) is 8.64. The first kappa shape index (κ1) is 23.9. The summed E-state index contributed by atoms with van der Waals surface area (Å²) in [6.45, 7) is 0. The number of hydrogen-bond acceptors (Lipinski definition) is 3. The monoisotopic (exact) mass is 360 g/mol. The molecule has 0 saturated heterocycles. The summed E-state index contributed by atoms with van der Waals surface area (Å²) >= 11 is 0. The van der Waals surface area contributed by atoms with E-state index >= 15 is 0 Å². The van der Waals surface area contributed by atoms with Crippen LogP contribution >= 0.6 is 28.1 Å². The van der Waals surface area contributed by atoms with Crippen LogP contribution < -0.4 is 0 Å². The summed E-state index contributed by atoms with van der Waals surface area (Å²) in [4.78, 5) is 31.0. The van der Waals surface area contributed by atoms with E-state index in [1.54, 1.807) is 0 Å². The molecule has 0 aliphatic heterocycles. The molecule has 0 bridgehead atoms. The number of phosphoric acid groups is 2. The maximum atomic E-state index is 9.63. The van der Waals surface area contributed by atoms with Gasteiger partial charge in [-0.15, -0.1) is 12.4 Å². The summed E-state index contributed by atoms with van der Waals surface area (Å²) in [6.07, 6.45) is 0. The molecule has 0 unspecified atom stereocenters. The van der Waals surface area contributed by atoms with Gasteiger partial charge in [-0.1, -0.05) is 0 Å². The minimum absolute atomic E-state index is 0. The molecule has 0 aliphatic carbocycles. The van der Waals surface area contributed by atoms with E-state index < -0.39 is 15.6 Å². The zero-order valence-corrected chi connectivity index (χ0v) is 11.7. The molecule has 0 heterocycles. The van der Waals surface area contributed by atoms with Crippen molar-refractivity contribution in [2.24, 2.45) is 0 Å². The van der Waals surface area contributed by atoms with Gasteiger partial charge in [-0.05, 0) is 0 Å². The van der Waals surface area contributed by atoms with Gasteiger partial charge in [0.1, 0.15) is 0 Å². The molecular formula is H8ClNaO7P2Sn. The second-order valence-electron chi connectivity index (χ2n) is 1.06. The van der Waals surface area contributed by atoms with Crippen molar-refractivity contribution >= 4 is 81.5 Å². The van der Waals surface area contributed by atoms with Gasteiger partial charge in [-0.25, -0.2) is 9.13 Å². The molecule has 0 fully saturated rings. The van der Waals surface area contributed by atoms with Gasteiger partial charge < -0.3 is 19.6 Å². The van der Waals surface area contributed by atoms with Crippen LogP contribution in [-0.4, -0.2) is 73.0 Å². The van der Waals surface area contributed by atoms with Crippen molar-refractivity contribution in [1.82, 2.24) is 0 Å². The Hall–Kier alpha value is 2.35. The fourth-order valence-corrected chi connectivity index (χ4v) is 1.25. The van der Waals surface area contributed by atoms with E-state index in [2.05, 4.69) is 4.31 Å². The van der Waals surface area contributed by atoms with Crippen molar-refractivity contribution in [1.29, 1.82) is 0 Å². The molecule has 0 aromatic carbocycles. The molecule has 2 radical (unpaired) electrons. The Labute approximate surface area is 113 Å². The predicted molar refractivity (Wildman–Crippen MR) is 48.1 cm³/mol. The van der Waals surface area contributed by atoms with Crippen molar-refractivity contribution in [3.63, 3.8) is 0 Å². The first-order valence-electron chi connectivity index (χ1n) is 1.53. The average molecular weight is 359 g/mol. The first-order chi connectivity index (χ1) is 3.71. The third kappa shape index (κ3) is 22.8. The molecule has 7 nitrogen and oxygen atoms in total. The molecule has 0 aliphatic rings. The minimum atomic E-state index is -5.05. The van der Waals surface area contributed by atoms with Crippen molar-refractivity contribution < 1.29 is 33.0 Å². The SMILES string of the molecule is Cl.O=P(O)(O)OP(=O)(O)O.[NaH].[SnH2]. The van der Waals surface area contributed by atoms with Crippen LogP contribution in [0.3, 0.4) is 0 Å². The molecule has 0 atom stereocenters. The van der Waals surface area contributed by atoms with Crippen molar-refractivity contribution in [3.05, 3.63) is 0 Å². The molecule has 12 heavy (non-hydrogen) atoms. The van der Waals surface area contributed by atoms with Gasteiger partial charge in [0.25, 0.3) is 0 Å². The molecule has 4 N–H and O–H groups in total. The van der Waals surface area contributed by atoms with Gasteiger partial charge in [-0.3, -0.25) is 0 Å². The summed E-state index contributed by atoms with van der Waals surface area (Å²) < 4.78 is 22.2. The predicted octanol–water partition coefficient (Wildman–Crippen LogP) is -1.95. The van der Waals surface area contributed by atoms with Crippen LogP contribution in [0.2, 0.25) is 0 Å². The fraction of sp³-hybridized carbons (Fsp3) is 0. The molecule has 72 valence electrons. The quantitative estimate of drug-likeness (QED) is 0.334. The number of hydrogen-bond donors (Lipinski definition) is 4. The normalized spacial score (nSPS) is 10.3. The molecule has 0 amide bonds. The van der Waals surface area contributed by atoms with Gasteiger partial charge in [0.15, 0.2) is 0 Å². The van der Waals surface area contributed by atoms with Crippen LogP contribution in [0.25, 0.3) is 0 Å². The molecule has 12 heteroatoms. The van der Waals surface area contributed by atoms with Gasteiger partial charge in [0.05, 0.1) is 0 Å². The zero-order valence-electron chi connectivity index (χ0n) is 5.02. The van der Waals surface area contributed by atoms with Crippen molar-refractivity contribution in [2.45, 2.75) is 0 Å². The number of halogens is 1. The zero-order chi connectivity index (χ0) is 7.71. The Balaban J connectivity index is -0.000000107. The van der Waals surface area contributed by atoms with Crippen LogP contribution in [0.5, 0.6) is 0 Å². The van der Waals surface area contributed by atoms with E-state index in [1.165, 1.54) is 0 Å². The van der Waals surface area contributed by atoms with Gasteiger partial charge in [0.2, 0.25) is 0 Å². The summed E-state index contributed by atoms with van der Waals surface area (Å²) in [6, 6.07) is 0. The van der Waals surface area contributed by atoms with Crippen molar-refractivity contribution in [3.8, 4) is 0 Å². The van der Waals surface area contributed by atoms with Crippen LogP contribution in [0, 0.1) is 0 Å². The summed E-state index contributed by atoms with van der Waals surface area (Å²) in [5.41, 5.74) is 0. The molecular weight excluding hydrogens is 351 g/mol.